The van der Waals surface area contributed by atoms with Crippen molar-refractivity contribution in [2.24, 2.45) is 0 Å². The molecule has 3 nitrogen and oxygen atoms in total. The van der Waals surface area contributed by atoms with Crippen LogP contribution < -0.4 is 5.32 Å². The quantitative estimate of drug-likeness (QED) is 0.436. The van der Waals surface area contributed by atoms with Gasteiger partial charge >= 0.3 is 0 Å². The molecule has 0 bridgehead atoms. The highest BCUT2D eigenvalue weighted by Gasteiger charge is 2.20. The number of ether oxygens (including phenoxy) is 2. The molecule has 0 aliphatic carbocycles. The van der Waals surface area contributed by atoms with Crippen molar-refractivity contribution in [1.82, 2.24) is 5.32 Å². The third-order valence-electron chi connectivity index (χ3n) is 2.33. The fraction of sp³-hybridized carbons (Fsp3) is 0.846. The van der Waals surface area contributed by atoms with E-state index in [0.717, 1.165) is 25.8 Å². The molecule has 0 aliphatic rings. The van der Waals surface area contributed by atoms with E-state index < -0.39 is 0 Å². The van der Waals surface area contributed by atoms with Crippen LogP contribution in [-0.2, 0) is 9.47 Å². The average Bonchev–Trinajstić information content (AvgIpc) is 2.29. The lowest BCUT2D eigenvalue weighted by Gasteiger charge is -2.27. The molecular formula is C13H27NO2. The standard InChI is InChI=1S/C13H27NO2/c1-5-9-10-12(14-11-6-2)13(15-7-3)16-8-4/h5,12-14H,1,6-11H2,2-4H3. The largest absolute Gasteiger partial charge is 0.351 e. The summed E-state index contributed by atoms with van der Waals surface area (Å²) in [6, 6.07) is 0.262. The maximum atomic E-state index is 5.62. The molecule has 0 fully saturated rings. The van der Waals surface area contributed by atoms with Crippen LogP contribution in [0.4, 0.5) is 0 Å². The lowest BCUT2D eigenvalue weighted by molar-refractivity contribution is -0.154. The molecule has 0 saturated carbocycles. The van der Waals surface area contributed by atoms with Gasteiger partial charge in [-0.1, -0.05) is 13.0 Å². The minimum atomic E-state index is -0.138. The Balaban J connectivity index is 4.20. The second-order valence-corrected chi connectivity index (χ2v) is 3.71. The Hall–Kier alpha value is -0.380. The number of hydrogen-bond donors (Lipinski definition) is 1. The molecule has 0 aliphatic heterocycles. The summed E-state index contributed by atoms with van der Waals surface area (Å²) in [4.78, 5) is 0. The van der Waals surface area contributed by atoms with Gasteiger partial charge in [0.15, 0.2) is 6.29 Å². The Bertz CT molecular complexity index is 156. The van der Waals surface area contributed by atoms with E-state index in [4.69, 9.17) is 9.47 Å². The van der Waals surface area contributed by atoms with Crippen LogP contribution in [0.2, 0.25) is 0 Å². The fourth-order valence-corrected chi connectivity index (χ4v) is 1.57. The zero-order chi connectivity index (χ0) is 12.2. The number of hydrogen-bond acceptors (Lipinski definition) is 3. The summed E-state index contributed by atoms with van der Waals surface area (Å²) in [5.41, 5.74) is 0. The van der Waals surface area contributed by atoms with Gasteiger partial charge in [-0.2, -0.15) is 0 Å². The molecule has 0 aromatic heterocycles. The van der Waals surface area contributed by atoms with Crippen molar-refractivity contribution in [2.45, 2.75) is 52.4 Å². The summed E-state index contributed by atoms with van der Waals surface area (Å²) in [5, 5.41) is 3.48. The third-order valence-corrected chi connectivity index (χ3v) is 2.33. The van der Waals surface area contributed by atoms with Crippen LogP contribution in [0.3, 0.4) is 0 Å². The summed E-state index contributed by atoms with van der Waals surface area (Å²) in [6.07, 6.45) is 4.92. The molecule has 0 aromatic carbocycles. The van der Waals surface area contributed by atoms with Gasteiger partial charge in [0, 0.05) is 13.2 Å². The first-order valence-corrected chi connectivity index (χ1v) is 6.37. The number of allylic oxidation sites excluding steroid dienone is 1. The van der Waals surface area contributed by atoms with Crippen molar-refractivity contribution < 1.29 is 9.47 Å². The zero-order valence-electron chi connectivity index (χ0n) is 11.0. The molecule has 0 saturated heterocycles. The molecule has 0 aromatic rings. The minimum absolute atomic E-state index is 0.138. The third kappa shape index (κ3) is 6.99. The second-order valence-electron chi connectivity index (χ2n) is 3.71. The van der Waals surface area contributed by atoms with Crippen LogP contribution in [0, 0.1) is 0 Å². The van der Waals surface area contributed by atoms with Gasteiger partial charge in [-0.05, 0) is 39.7 Å². The summed E-state index contributed by atoms with van der Waals surface area (Å²) >= 11 is 0. The number of nitrogens with one attached hydrogen (secondary N) is 1. The smallest absolute Gasteiger partial charge is 0.172 e. The molecule has 0 amide bonds. The molecule has 0 spiro atoms. The average molecular weight is 229 g/mol. The van der Waals surface area contributed by atoms with Gasteiger partial charge in [0.05, 0.1) is 6.04 Å². The van der Waals surface area contributed by atoms with E-state index in [0.29, 0.717) is 13.2 Å². The highest BCUT2D eigenvalue weighted by molar-refractivity contribution is 4.76. The Morgan fingerprint density at radius 1 is 1.19 bits per heavy atom. The number of rotatable bonds is 11. The summed E-state index contributed by atoms with van der Waals surface area (Å²) in [5.74, 6) is 0. The van der Waals surface area contributed by atoms with E-state index >= 15 is 0 Å². The zero-order valence-corrected chi connectivity index (χ0v) is 11.0. The van der Waals surface area contributed by atoms with E-state index in [9.17, 15) is 0 Å². The van der Waals surface area contributed by atoms with Gasteiger partial charge in [-0.3, -0.25) is 0 Å². The highest BCUT2D eigenvalue weighted by atomic mass is 16.7. The lowest BCUT2D eigenvalue weighted by atomic mass is 10.1. The SMILES string of the molecule is C=CCCC(NCCC)C(OCC)OCC. The van der Waals surface area contributed by atoms with Gasteiger partial charge < -0.3 is 14.8 Å². The van der Waals surface area contributed by atoms with Crippen molar-refractivity contribution in [1.29, 1.82) is 0 Å². The maximum Gasteiger partial charge on any atom is 0.172 e. The first-order valence-electron chi connectivity index (χ1n) is 6.37. The lowest BCUT2D eigenvalue weighted by Crippen LogP contribution is -2.43. The molecule has 0 rings (SSSR count). The fourth-order valence-electron chi connectivity index (χ4n) is 1.57. The summed E-state index contributed by atoms with van der Waals surface area (Å²) in [7, 11) is 0. The predicted molar refractivity (Wildman–Crippen MR) is 68.6 cm³/mol. The van der Waals surface area contributed by atoms with Crippen LogP contribution in [0.25, 0.3) is 0 Å². The summed E-state index contributed by atoms with van der Waals surface area (Å²) < 4.78 is 11.2. The molecule has 1 N–H and O–H groups in total. The summed E-state index contributed by atoms with van der Waals surface area (Å²) in [6.45, 7) is 12.3. The van der Waals surface area contributed by atoms with Crippen LogP contribution in [0.5, 0.6) is 0 Å². The van der Waals surface area contributed by atoms with E-state index in [1.54, 1.807) is 0 Å². The Morgan fingerprint density at radius 3 is 2.25 bits per heavy atom. The Kier molecular flexibility index (Phi) is 10.9. The van der Waals surface area contributed by atoms with Gasteiger partial charge in [0.25, 0.3) is 0 Å². The van der Waals surface area contributed by atoms with Crippen molar-refractivity contribution in [3.8, 4) is 0 Å². The van der Waals surface area contributed by atoms with Gasteiger partial charge in [0.1, 0.15) is 0 Å². The first kappa shape index (κ1) is 15.6. The van der Waals surface area contributed by atoms with Crippen LogP contribution in [0.1, 0.15) is 40.0 Å². The second kappa shape index (κ2) is 11.1. The van der Waals surface area contributed by atoms with Crippen LogP contribution in [-0.4, -0.2) is 32.1 Å². The van der Waals surface area contributed by atoms with Crippen LogP contribution in [0.15, 0.2) is 12.7 Å². The predicted octanol–water partition coefficient (Wildman–Crippen LogP) is 2.72. The van der Waals surface area contributed by atoms with Gasteiger partial charge in [-0.15, -0.1) is 6.58 Å². The van der Waals surface area contributed by atoms with E-state index in [1.165, 1.54) is 0 Å². The molecule has 0 heterocycles. The van der Waals surface area contributed by atoms with Crippen molar-refractivity contribution in [3.05, 3.63) is 12.7 Å². The van der Waals surface area contributed by atoms with Crippen LogP contribution >= 0.6 is 0 Å². The molecule has 16 heavy (non-hydrogen) atoms. The monoisotopic (exact) mass is 229 g/mol. The normalized spacial score (nSPS) is 13.0. The molecule has 0 radical (unpaired) electrons. The minimum Gasteiger partial charge on any atom is -0.351 e. The Labute approximate surface area is 100 Å². The highest BCUT2D eigenvalue weighted by Crippen LogP contribution is 2.09. The van der Waals surface area contributed by atoms with Crippen molar-refractivity contribution in [3.63, 3.8) is 0 Å². The molecule has 1 unspecified atom stereocenters. The molecule has 96 valence electrons. The van der Waals surface area contributed by atoms with Gasteiger partial charge in [-0.25, -0.2) is 0 Å². The van der Waals surface area contributed by atoms with E-state index in [1.807, 2.05) is 19.9 Å². The molecule has 1 atom stereocenters. The molecular weight excluding hydrogens is 202 g/mol. The molecule has 3 heteroatoms. The van der Waals surface area contributed by atoms with Crippen molar-refractivity contribution in [2.75, 3.05) is 19.8 Å². The van der Waals surface area contributed by atoms with Crippen molar-refractivity contribution >= 4 is 0 Å². The van der Waals surface area contributed by atoms with Gasteiger partial charge in [0.2, 0.25) is 0 Å². The van der Waals surface area contributed by atoms with E-state index in [-0.39, 0.29) is 12.3 Å². The maximum absolute atomic E-state index is 5.62. The van der Waals surface area contributed by atoms with E-state index in [2.05, 4.69) is 18.8 Å². The Morgan fingerprint density at radius 2 is 1.81 bits per heavy atom. The topological polar surface area (TPSA) is 30.5 Å². The first-order chi connectivity index (χ1) is 7.79.